The molecule has 3 nitrogen and oxygen atoms in total. The van der Waals surface area contributed by atoms with E-state index in [1.807, 2.05) is 41.9 Å². The maximum absolute atomic E-state index is 12.4. The second-order valence-corrected chi connectivity index (χ2v) is 7.59. The fraction of sp³-hybridized carbons (Fsp3) is 0.222. The fourth-order valence-electron chi connectivity index (χ4n) is 2.52. The molecule has 0 atom stereocenters. The van der Waals surface area contributed by atoms with Gasteiger partial charge in [0.05, 0.1) is 10.2 Å². The van der Waals surface area contributed by atoms with Crippen LogP contribution in [0, 0.1) is 6.92 Å². The Labute approximate surface area is 143 Å². The van der Waals surface area contributed by atoms with Crippen molar-refractivity contribution in [3.05, 3.63) is 58.4 Å². The van der Waals surface area contributed by atoms with Gasteiger partial charge >= 0.3 is 0 Å². The number of carbonyl (C=O) groups is 1. The van der Waals surface area contributed by atoms with Crippen molar-refractivity contribution < 1.29 is 4.79 Å². The van der Waals surface area contributed by atoms with Crippen LogP contribution >= 0.6 is 23.1 Å². The third kappa shape index (κ3) is 3.26. The van der Waals surface area contributed by atoms with E-state index < -0.39 is 0 Å². The third-order valence-electron chi connectivity index (χ3n) is 3.63. The van der Waals surface area contributed by atoms with Gasteiger partial charge in [0.1, 0.15) is 0 Å². The second kappa shape index (κ2) is 6.72. The van der Waals surface area contributed by atoms with Crippen molar-refractivity contribution in [1.29, 1.82) is 0 Å². The van der Waals surface area contributed by atoms with E-state index in [4.69, 9.17) is 0 Å². The van der Waals surface area contributed by atoms with Crippen molar-refractivity contribution in [2.75, 3.05) is 5.75 Å². The lowest BCUT2D eigenvalue weighted by atomic mass is 10.2. The number of fused-ring (bicyclic) bond motifs is 1. The first-order chi connectivity index (χ1) is 11.1. The van der Waals surface area contributed by atoms with Gasteiger partial charge < -0.3 is 4.57 Å². The van der Waals surface area contributed by atoms with E-state index >= 15 is 0 Å². The summed E-state index contributed by atoms with van der Waals surface area (Å²) in [7, 11) is 1.96. The predicted molar refractivity (Wildman–Crippen MR) is 98.3 cm³/mol. The number of aryl methyl sites for hydroxylation is 2. The molecule has 0 radical (unpaired) electrons. The van der Waals surface area contributed by atoms with Crippen LogP contribution in [0.4, 0.5) is 0 Å². The van der Waals surface area contributed by atoms with Crippen LogP contribution in [0.15, 0.2) is 52.4 Å². The number of hydrogen-bond donors (Lipinski definition) is 0. The molecule has 1 aromatic heterocycles. The van der Waals surface area contributed by atoms with Crippen LogP contribution in [-0.2, 0) is 7.05 Å². The smallest absolute Gasteiger partial charge is 0.279 e. The lowest BCUT2D eigenvalue weighted by Gasteiger charge is -2.00. The lowest BCUT2D eigenvalue weighted by Crippen LogP contribution is -2.13. The summed E-state index contributed by atoms with van der Waals surface area (Å²) >= 11 is 3.31. The second-order valence-electron chi connectivity index (χ2n) is 5.24. The Bertz CT molecular complexity index is 920. The largest absolute Gasteiger partial charge is 0.319 e. The molecule has 0 spiro atoms. The van der Waals surface area contributed by atoms with Crippen molar-refractivity contribution in [3.63, 3.8) is 0 Å². The first kappa shape index (κ1) is 16.0. The molecule has 0 aliphatic rings. The van der Waals surface area contributed by atoms with Crippen LogP contribution in [0.25, 0.3) is 10.2 Å². The van der Waals surface area contributed by atoms with E-state index in [0.717, 1.165) is 20.8 Å². The number of benzene rings is 2. The van der Waals surface area contributed by atoms with E-state index in [-0.39, 0.29) is 5.91 Å². The minimum absolute atomic E-state index is 0.196. The first-order valence-electron chi connectivity index (χ1n) is 7.47. The summed E-state index contributed by atoms with van der Waals surface area (Å²) in [6.07, 6.45) is 0. The van der Waals surface area contributed by atoms with Crippen molar-refractivity contribution >= 4 is 39.2 Å². The number of hydrogen-bond acceptors (Lipinski definition) is 3. The van der Waals surface area contributed by atoms with Gasteiger partial charge in [-0.1, -0.05) is 30.4 Å². The average Bonchev–Trinajstić information content (AvgIpc) is 2.86. The topological polar surface area (TPSA) is 34.4 Å². The first-order valence-corrected chi connectivity index (χ1v) is 9.27. The molecule has 1 amide bonds. The zero-order valence-electron chi connectivity index (χ0n) is 13.4. The van der Waals surface area contributed by atoms with Gasteiger partial charge in [0.2, 0.25) is 0 Å². The molecule has 0 N–H and O–H groups in total. The van der Waals surface area contributed by atoms with Crippen LogP contribution in [0.1, 0.15) is 22.8 Å². The van der Waals surface area contributed by atoms with Crippen molar-refractivity contribution in [2.45, 2.75) is 18.7 Å². The fourth-order valence-corrected chi connectivity index (χ4v) is 4.27. The Balaban J connectivity index is 1.99. The van der Waals surface area contributed by atoms with Crippen molar-refractivity contribution in [3.8, 4) is 0 Å². The van der Waals surface area contributed by atoms with Gasteiger partial charge in [-0.25, -0.2) is 0 Å². The highest BCUT2D eigenvalue weighted by Gasteiger charge is 2.08. The van der Waals surface area contributed by atoms with Gasteiger partial charge in [0.15, 0.2) is 4.80 Å². The maximum atomic E-state index is 12.4. The molecule has 0 bridgehead atoms. The Kier molecular flexibility index (Phi) is 4.68. The number of nitrogens with zero attached hydrogens (tertiary/aromatic N) is 2. The molecule has 5 heteroatoms. The summed E-state index contributed by atoms with van der Waals surface area (Å²) in [5, 5.41) is 0. The summed E-state index contributed by atoms with van der Waals surface area (Å²) in [4.78, 5) is 18.6. The number of para-hydroxylation sites is 1. The van der Waals surface area contributed by atoms with E-state index in [0.29, 0.717) is 5.56 Å². The van der Waals surface area contributed by atoms with Gasteiger partial charge in [-0.3, -0.25) is 4.79 Å². The highest BCUT2D eigenvalue weighted by atomic mass is 32.2. The van der Waals surface area contributed by atoms with Crippen LogP contribution < -0.4 is 4.80 Å². The van der Waals surface area contributed by atoms with Gasteiger partial charge in [0, 0.05) is 17.5 Å². The zero-order valence-corrected chi connectivity index (χ0v) is 15.0. The van der Waals surface area contributed by atoms with Gasteiger partial charge in [-0.2, -0.15) is 4.99 Å². The summed E-state index contributed by atoms with van der Waals surface area (Å²) in [5.74, 6) is 0.826. The molecule has 118 valence electrons. The third-order valence-corrected chi connectivity index (χ3v) is 5.63. The average molecular weight is 342 g/mol. The molecule has 0 aliphatic carbocycles. The Morgan fingerprint density at radius 2 is 1.96 bits per heavy atom. The van der Waals surface area contributed by atoms with Gasteiger partial charge in [-0.05, 0) is 48.6 Å². The Morgan fingerprint density at radius 3 is 2.61 bits per heavy atom. The summed E-state index contributed by atoms with van der Waals surface area (Å²) < 4.78 is 3.14. The number of amides is 1. The molecular weight excluding hydrogens is 324 g/mol. The molecule has 0 saturated heterocycles. The predicted octanol–water partition coefficient (Wildman–Crippen LogP) is 4.40. The quantitative estimate of drug-likeness (QED) is 0.661. The van der Waals surface area contributed by atoms with Crippen molar-refractivity contribution in [2.24, 2.45) is 12.0 Å². The highest BCUT2D eigenvalue weighted by Crippen LogP contribution is 2.20. The Hall–Kier alpha value is -1.85. The van der Waals surface area contributed by atoms with E-state index in [1.165, 1.54) is 10.5 Å². The normalized spacial score (nSPS) is 12.0. The van der Waals surface area contributed by atoms with E-state index in [1.54, 1.807) is 23.1 Å². The van der Waals surface area contributed by atoms with Crippen molar-refractivity contribution in [1.82, 2.24) is 4.57 Å². The van der Waals surface area contributed by atoms with Gasteiger partial charge in [0.25, 0.3) is 5.91 Å². The number of rotatable bonds is 3. The zero-order chi connectivity index (χ0) is 16.4. The number of thiazole rings is 1. The molecule has 0 aliphatic heterocycles. The molecule has 23 heavy (non-hydrogen) atoms. The van der Waals surface area contributed by atoms with Gasteiger partial charge in [-0.15, -0.1) is 11.8 Å². The summed E-state index contributed by atoms with van der Waals surface area (Å²) in [6, 6.07) is 13.8. The number of aromatic nitrogens is 1. The lowest BCUT2D eigenvalue weighted by molar-refractivity contribution is 0.0998. The van der Waals surface area contributed by atoms with Crippen LogP contribution in [0.5, 0.6) is 0 Å². The van der Waals surface area contributed by atoms with E-state index in [9.17, 15) is 4.79 Å². The number of carbonyl (C=O) groups excluding carboxylic acids is 1. The minimum Gasteiger partial charge on any atom is -0.319 e. The molecule has 3 aromatic rings. The molecule has 3 rings (SSSR count). The van der Waals surface area contributed by atoms with Crippen LogP contribution in [0.3, 0.4) is 0 Å². The summed E-state index contributed by atoms with van der Waals surface area (Å²) in [5.41, 5.74) is 2.95. The highest BCUT2D eigenvalue weighted by molar-refractivity contribution is 7.99. The minimum atomic E-state index is -0.196. The maximum Gasteiger partial charge on any atom is 0.279 e. The SMILES string of the molecule is CCSc1ccc(C(=O)N=c2sc3cccc(C)c3n2C)cc1. The molecule has 2 aromatic carbocycles. The van der Waals surface area contributed by atoms with Crippen LogP contribution in [-0.4, -0.2) is 16.2 Å². The molecular formula is C18H18N2OS2. The molecule has 1 heterocycles. The van der Waals surface area contributed by atoms with E-state index in [2.05, 4.69) is 31.0 Å². The standard InChI is InChI=1S/C18H18N2OS2/c1-4-22-14-10-8-13(9-11-14)17(21)19-18-20(3)16-12(2)6-5-7-15(16)23-18/h5-11H,4H2,1-3H3. The molecule has 0 unspecified atom stereocenters. The molecule has 0 saturated carbocycles. The molecule has 0 fully saturated rings. The number of thioether (sulfide) groups is 1. The summed E-state index contributed by atoms with van der Waals surface area (Å²) in [6.45, 7) is 4.19. The van der Waals surface area contributed by atoms with Crippen LogP contribution in [0.2, 0.25) is 0 Å². The monoisotopic (exact) mass is 342 g/mol. The Morgan fingerprint density at radius 1 is 1.22 bits per heavy atom.